The lowest BCUT2D eigenvalue weighted by Gasteiger charge is -2.02. The molecule has 1 amide bonds. The van der Waals surface area contributed by atoms with Crippen LogP contribution >= 0.6 is 11.3 Å². The van der Waals surface area contributed by atoms with Gasteiger partial charge < -0.3 is 9.47 Å². The van der Waals surface area contributed by atoms with Crippen molar-refractivity contribution in [3.8, 4) is 0 Å². The number of hydrogen-bond donors (Lipinski definition) is 1. The molecule has 0 saturated heterocycles. The minimum Gasteiger partial charge on any atom is -0.461 e. The largest absolute Gasteiger partial charge is 0.461 e. The number of nitrogens with one attached hydrogen (secondary N) is 1. The third kappa shape index (κ3) is 2.91. The van der Waals surface area contributed by atoms with Crippen molar-refractivity contribution >= 4 is 28.4 Å². The molecule has 0 bridgehead atoms. The molecule has 0 atom stereocenters. The number of carbonyl (C=O) groups excluding carboxylic acids is 2. The van der Waals surface area contributed by atoms with Crippen LogP contribution in [0, 0.1) is 0 Å². The Kier molecular flexibility index (Phi) is 4.04. The Bertz CT molecular complexity index is 363. The molecule has 15 heavy (non-hydrogen) atoms. The van der Waals surface area contributed by atoms with Gasteiger partial charge in [0, 0.05) is 0 Å². The molecular formula is C8H10N2O4S. The van der Waals surface area contributed by atoms with Crippen molar-refractivity contribution in [1.82, 2.24) is 4.98 Å². The van der Waals surface area contributed by atoms with E-state index in [1.165, 1.54) is 12.6 Å². The predicted molar refractivity (Wildman–Crippen MR) is 54.1 cm³/mol. The lowest BCUT2D eigenvalue weighted by molar-refractivity contribution is 0.0521. The molecule has 0 aliphatic carbocycles. The van der Waals surface area contributed by atoms with Crippen molar-refractivity contribution in [2.45, 2.75) is 6.92 Å². The predicted octanol–water partition coefficient (Wildman–Crippen LogP) is 1.50. The van der Waals surface area contributed by atoms with E-state index in [9.17, 15) is 9.59 Å². The van der Waals surface area contributed by atoms with Crippen LogP contribution in [0.15, 0.2) is 5.51 Å². The second kappa shape index (κ2) is 5.30. The average Bonchev–Trinajstić information content (AvgIpc) is 2.66. The van der Waals surface area contributed by atoms with Gasteiger partial charge in [-0.15, -0.1) is 11.3 Å². The van der Waals surface area contributed by atoms with E-state index in [0.717, 1.165) is 11.3 Å². The first-order valence-corrected chi connectivity index (χ1v) is 5.02. The maximum absolute atomic E-state index is 11.3. The Morgan fingerprint density at radius 3 is 2.93 bits per heavy atom. The van der Waals surface area contributed by atoms with Crippen LogP contribution < -0.4 is 5.32 Å². The smallest absolute Gasteiger partial charge is 0.412 e. The number of hydrogen-bond acceptors (Lipinski definition) is 6. The molecule has 1 rings (SSSR count). The highest BCUT2D eigenvalue weighted by Gasteiger charge is 2.17. The highest BCUT2D eigenvalue weighted by atomic mass is 32.1. The molecule has 1 heterocycles. The summed E-state index contributed by atoms with van der Waals surface area (Å²) in [5, 5.41) is 2.69. The van der Waals surface area contributed by atoms with Crippen molar-refractivity contribution in [3.05, 3.63) is 11.2 Å². The number of carbonyl (C=O) groups is 2. The number of anilines is 1. The molecule has 1 N–H and O–H groups in total. The van der Waals surface area contributed by atoms with Gasteiger partial charge in [-0.2, -0.15) is 0 Å². The summed E-state index contributed by atoms with van der Waals surface area (Å²) in [6, 6.07) is 0. The maximum Gasteiger partial charge on any atom is 0.412 e. The van der Waals surface area contributed by atoms with Gasteiger partial charge in [-0.1, -0.05) is 0 Å². The van der Waals surface area contributed by atoms with Gasteiger partial charge in [-0.25, -0.2) is 14.6 Å². The first-order chi connectivity index (χ1) is 7.19. The Labute approximate surface area is 90.2 Å². The van der Waals surface area contributed by atoms with Gasteiger partial charge in [-0.05, 0) is 6.92 Å². The van der Waals surface area contributed by atoms with Crippen molar-refractivity contribution in [3.63, 3.8) is 0 Å². The summed E-state index contributed by atoms with van der Waals surface area (Å²) in [5.74, 6) is -0.565. The molecule has 0 aromatic carbocycles. The molecule has 1 aromatic heterocycles. The van der Waals surface area contributed by atoms with Crippen molar-refractivity contribution in [2.75, 3.05) is 19.0 Å². The fourth-order valence-electron chi connectivity index (χ4n) is 0.823. The summed E-state index contributed by atoms with van der Waals surface area (Å²) in [5.41, 5.74) is 1.53. The molecule has 0 saturated carbocycles. The van der Waals surface area contributed by atoms with Gasteiger partial charge in [0.25, 0.3) is 0 Å². The van der Waals surface area contributed by atoms with E-state index < -0.39 is 12.1 Å². The third-order valence-corrected chi connectivity index (χ3v) is 2.18. The standard InChI is InChI=1S/C8H10N2O4S/c1-3-14-7(11)5-6(15-4-9-5)10-8(12)13-2/h4H,3H2,1-2H3,(H,10,12). The second-order valence-corrected chi connectivity index (χ2v) is 3.22. The van der Waals surface area contributed by atoms with Gasteiger partial charge in [-0.3, -0.25) is 5.32 Å². The van der Waals surface area contributed by atoms with E-state index in [2.05, 4.69) is 15.0 Å². The van der Waals surface area contributed by atoms with Gasteiger partial charge in [0.05, 0.1) is 19.2 Å². The zero-order valence-corrected chi connectivity index (χ0v) is 9.09. The second-order valence-electron chi connectivity index (χ2n) is 2.37. The van der Waals surface area contributed by atoms with E-state index >= 15 is 0 Å². The normalized spacial score (nSPS) is 9.47. The number of esters is 1. The van der Waals surface area contributed by atoms with Crippen molar-refractivity contribution in [2.24, 2.45) is 0 Å². The van der Waals surface area contributed by atoms with Crippen molar-refractivity contribution in [1.29, 1.82) is 0 Å². The number of ether oxygens (including phenoxy) is 2. The van der Waals surface area contributed by atoms with E-state index in [0.29, 0.717) is 5.00 Å². The number of rotatable bonds is 3. The topological polar surface area (TPSA) is 77.5 Å². The monoisotopic (exact) mass is 230 g/mol. The molecule has 0 unspecified atom stereocenters. The molecule has 0 aliphatic rings. The number of aromatic nitrogens is 1. The van der Waals surface area contributed by atoms with Crippen LogP contribution in [-0.4, -0.2) is 30.8 Å². The van der Waals surface area contributed by atoms with E-state index in [1.807, 2.05) is 0 Å². The molecule has 0 spiro atoms. The fourth-order valence-corrected chi connectivity index (χ4v) is 1.48. The Morgan fingerprint density at radius 2 is 2.33 bits per heavy atom. The zero-order valence-electron chi connectivity index (χ0n) is 8.27. The van der Waals surface area contributed by atoms with Crippen LogP contribution in [0.25, 0.3) is 0 Å². The summed E-state index contributed by atoms with van der Waals surface area (Å²) < 4.78 is 9.15. The highest BCUT2D eigenvalue weighted by Crippen LogP contribution is 2.20. The van der Waals surface area contributed by atoms with Gasteiger partial charge in [0.1, 0.15) is 5.00 Å². The number of methoxy groups -OCH3 is 1. The maximum atomic E-state index is 11.3. The summed E-state index contributed by atoms with van der Waals surface area (Å²) in [7, 11) is 1.24. The summed E-state index contributed by atoms with van der Waals surface area (Å²) in [4.78, 5) is 26.0. The van der Waals surface area contributed by atoms with Gasteiger partial charge in [0.2, 0.25) is 0 Å². The van der Waals surface area contributed by atoms with Crippen LogP contribution in [0.4, 0.5) is 9.80 Å². The number of nitrogens with zero attached hydrogens (tertiary/aromatic N) is 1. The van der Waals surface area contributed by atoms with Crippen LogP contribution in [0.3, 0.4) is 0 Å². The van der Waals surface area contributed by atoms with Gasteiger partial charge >= 0.3 is 12.1 Å². The van der Waals surface area contributed by atoms with E-state index in [1.54, 1.807) is 6.92 Å². The Morgan fingerprint density at radius 1 is 1.60 bits per heavy atom. The average molecular weight is 230 g/mol. The molecule has 1 aromatic rings. The summed E-state index contributed by atoms with van der Waals surface area (Å²) in [6.07, 6.45) is -0.648. The SMILES string of the molecule is CCOC(=O)c1ncsc1NC(=O)OC. The highest BCUT2D eigenvalue weighted by molar-refractivity contribution is 7.14. The fraction of sp³-hybridized carbons (Fsp3) is 0.375. The quantitative estimate of drug-likeness (QED) is 0.796. The number of thiazole rings is 1. The summed E-state index contributed by atoms with van der Waals surface area (Å²) in [6.45, 7) is 1.95. The molecule has 82 valence electrons. The Balaban J connectivity index is 2.77. The van der Waals surface area contributed by atoms with Crippen LogP contribution in [0.2, 0.25) is 0 Å². The molecule has 0 radical (unpaired) electrons. The first kappa shape index (κ1) is 11.4. The zero-order chi connectivity index (χ0) is 11.3. The number of amides is 1. The van der Waals surface area contributed by atoms with E-state index in [-0.39, 0.29) is 12.3 Å². The lowest BCUT2D eigenvalue weighted by atomic mass is 10.4. The van der Waals surface area contributed by atoms with Crippen LogP contribution in [0.5, 0.6) is 0 Å². The molecule has 0 aliphatic heterocycles. The van der Waals surface area contributed by atoms with Crippen LogP contribution in [-0.2, 0) is 9.47 Å². The minimum atomic E-state index is -0.648. The molecule has 0 fully saturated rings. The third-order valence-electron chi connectivity index (χ3n) is 1.44. The lowest BCUT2D eigenvalue weighted by Crippen LogP contribution is -2.14. The Hall–Kier alpha value is -1.63. The summed E-state index contributed by atoms with van der Waals surface area (Å²) >= 11 is 1.12. The minimum absolute atomic E-state index is 0.0900. The molecule has 6 nitrogen and oxygen atoms in total. The van der Waals surface area contributed by atoms with Crippen molar-refractivity contribution < 1.29 is 19.1 Å². The molecular weight excluding hydrogens is 220 g/mol. The first-order valence-electron chi connectivity index (χ1n) is 4.14. The van der Waals surface area contributed by atoms with Gasteiger partial charge in [0.15, 0.2) is 5.69 Å². The molecule has 7 heteroatoms. The van der Waals surface area contributed by atoms with E-state index in [4.69, 9.17) is 4.74 Å². The van der Waals surface area contributed by atoms with Crippen LogP contribution in [0.1, 0.15) is 17.4 Å².